The average molecular weight is 338 g/mol. The lowest BCUT2D eigenvalue weighted by Gasteiger charge is -2.28. The molecule has 3 unspecified atom stereocenters. The molecule has 0 spiro atoms. The summed E-state index contributed by atoms with van der Waals surface area (Å²) in [6, 6.07) is 0. The van der Waals surface area contributed by atoms with Crippen molar-refractivity contribution in [3.63, 3.8) is 0 Å². The lowest BCUT2D eigenvalue weighted by molar-refractivity contribution is -0.111. The van der Waals surface area contributed by atoms with Crippen LogP contribution in [0.3, 0.4) is 0 Å². The average Bonchev–Trinajstić information content (AvgIpc) is 3.14. The van der Waals surface area contributed by atoms with Crippen molar-refractivity contribution >= 4 is 40.7 Å². The molecule has 0 radical (unpaired) electrons. The SMILES string of the molecule is C=S=S1OCC(C2(C3COS(=O)(=O)C3)CC2)CCC1=O. The molecule has 1 aliphatic carbocycles. The maximum atomic E-state index is 11.9. The van der Waals surface area contributed by atoms with Crippen molar-refractivity contribution in [2.75, 3.05) is 19.0 Å². The normalized spacial score (nSPS) is 39.2. The fraction of sp³-hybridized carbons (Fsp3) is 0.833. The zero-order valence-corrected chi connectivity index (χ0v) is 13.5. The van der Waals surface area contributed by atoms with E-state index in [9.17, 15) is 13.2 Å². The first-order valence-electron chi connectivity index (χ1n) is 6.67. The molecule has 114 valence electrons. The summed E-state index contributed by atoms with van der Waals surface area (Å²) in [4.78, 5) is 11.9. The number of rotatable bonds is 2. The number of carbonyl (C=O) groups is 1. The van der Waals surface area contributed by atoms with Gasteiger partial charge in [-0.2, -0.15) is 8.42 Å². The second-order valence-electron chi connectivity index (χ2n) is 5.68. The van der Waals surface area contributed by atoms with Gasteiger partial charge < -0.3 is 4.18 Å². The highest BCUT2D eigenvalue weighted by atomic mass is 32.8. The van der Waals surface area contributed by atoms with Crippen molar-refractivity contribution in [1.29, 1.82) is 0 Å². The van der Waals surface area contributed by atoms with Gasteiger partial charge in [0.05, 0.1) is 28.7 Å². The molecule has 2 aliphatic heterocycles. The molecule has 3 rings (SSSR count). The molecule has 0 N–H and O–H groups in total. The van der Waals surface area contributed by atoms with Gasteiger partial charge in [-0.3, -0.25) is 8.98 Å². The van der Waals surface area contributed by atoms with Crippen molar-refractivity contribution in [3.8, 4) is 0 Å². The van der Waals surface area contributed by atoms with E-state index in [0.29, 0.717) is 19.6 Å². The van der Waals surface area contributed by atoms with E-state index in [4.69, 9.17) is 8.37 Å². The fourth-order valence-corrected chi connectivity index (χ4v) is 6.68. The van der Waals surface area contributed by atoms with Crippen LogP contribution in [0.2, 0.25) is 0 Å². The van der Waals surface area contributed by atoms with Gasteiger partial charge >= 0.3 is 0 Å². The molecule has 3 atom stereocenters. The highest BCUT2D eigenvalue weighted by Gasteiger charge is 2.57. The standard InChI is InChI=1S/C12H18O5S3/c1-18-19-11(13)3-2-9(6-16-19)12(4-5-12)10-7-17-20(14,15)8-10/h9-10H,1-8H2. The predicted octanol–water partition coefficient (Wildman–Crippen LogP) is 0.659. The summed E-state index contributed by atoms with van der Waals surface area (Å²) in [5.41, 5.74) is 0.00898. The molecule has 3 fully saturated rings. The fourth-order valence-electron chi connectivity index (χ4n) is 3.38. The van der Waals surface area contributed by atoms with E-state index >= 15 is 0 Å². The van der Waals surface area contributed by atoms with Gasteiger partial charge in [-0.25, -0.2) is 0 Å². The second kappa shape index (κ2) is 5.31. The van der Waals surface area contributed by atoms with Gasteiger partial charge in [0.15, 0.2) is 0 Å². The van der Waals surface area contributed by atoms with Crippen LogP contribution >= 0.6 is 0 Å². The summed E-state index contributed by atoms with van der Waals surface area (Å²) in [6.07, 6.45) is 3.34. The van der Waals surface area contributed by atoms with Gasteiger partial charge in [0, 0.05) is 12.3 Å². The van der Waals surface area contributed by atoms with E-state index in [2.05, 4.69) is 5.87 Å². The maximum Gasteiger partial charge on any atom is 0.267 e. The summed E-state index contributed by atoms with van der Waals surface area (Å²) in [6.45, 7) is 0.830. The number of carbonyl (C=O) groups excluding carboxylic acids is 1. The van der Waals surface area contributed by atoms with Gasteiger partial charge in [-0.05, 0) is 36.5 Å². The van der Waals surface area contributed by atoms with Crippen LogP contribution in [-0.4, -0.2) is 38.4 Å². The second-order valence-corrected chi connectivity index (χ2v) is 10.4. The predicted molar refractivity (Wildman–Crippen MR) is 80.4 cm³/mol. The van der Waals surface area contributed by atoms with Gasteiger partial charge in [0.1, 0.15) is 0 Å². The molecular formula is C12H18O5S3. The Balaban J connectivity index is 1.76. The summed E-state index contributed by atoms with van der Waals surface area (Å²) in [7, 11) is -2.86. The van der Waals surface area contributed by atoms with E-state index in [1.165, 1.54) is 9.91 Å². The number of hydrogen-bond acceptors (Lipinski definition) is 5. The maximum absolute atomic E-state index is 11.9. The number of hydrogen-bond donors (Lipinski definition) is 0. The van der Waals surface area contributed by atoms with Crippen LogP contribution in [-0.2, 0) is 42.9 Å². The highest BCUT2D eigenvalue weighted by Crippen LogP contribution is 2.60. The molecule has 2 heterocycles. The van der Waals surface area contributed by atoms with Gasteiger partial charge in [-0.1, -0.05) is 9.91 Å². The minimum atomic E-state index is -3.33. The van der Waals surface area contributed by atoms with E-state index < -0.39 is 19.9 Å². The van der Waals surface area contributed by atoms with Crippen LogP contribution in [0.25, 0.3) is 0 Å². The third kappa shape index (κ3) is 2.68. The van der Waals surface area contributed by atoms with Gasteiger partial charge in [-0.15, -0.1) is 0 Å². The summed E-state index contributed by atoms with van der Waals surface area (Å²) < 4.78 is 33.6. The third-order valence-corrected chi connectivity index (χ3v) is 8.61. The van der Waals surface area contributed by atoms with Gasteiger partial charge in [0.2, 0.25) is 5.12 Å². The molecule has 0 aromatic rings. The molecule has 0 bridgehead atoms. The minimum Gasteiger partial charge on any atom is -0.306 e. The van der Waals surface area contributed by atoms with Crippen molar-refractivity contribution < 1.29 is 21.6 Å². The van der Waals surface area contributed by atoms with Crippen LogP contribution in [0, 0.1) is 17.3 Å². The first-order valence-corrected chi connectivity index (χ1v) is 10.9. The van der Waals surface area contributed by atoms with Crippen molar-refractivity contribution in [1.82, 2.24) is 0 Å². The largest absolute Gasteiger partial charge is 0.306 e. The Labute approximate surface area is 124 Å². The molecule has 0 aromatic heterocycles. The van der Waals surface area contributed by atoms with Crippen LogP contribution in [0.1, 0.15) is 25.7 Å². The molecule has 1 saturated carbocycles. The van der Waals surface area contributed by atoms with Gasteiger partial charge in [0.25, 0.3) is 10.1 Å². The van der Waals surface area contributed by atoms with Crippen LogP contribution in [0.5, 0.6) is 0 Å². The third-order valence-electron chi connectivity index (χ3n) is 4.67. The Hall–Kier alpha value is -0.0200. The minimum absolute atomic E-state index is 0.00898. The van der Waals surface area contributed by atoms with Crippen molar-refractivity contribution in [3.05, 3.63) is 0 Å². The van der Waals surface area contributed by atoms with E-state index in [1.807, 2.05) is 0 Å². The van der Waals surface area contributed by atoms with E-state index in [0.717, 1.165) is 19.3 Å². The van der Waals surface area contributed by atoms with Crippen LogP contribution in [0.15, 0.2) is 0 Å². The topological polar surface area (TPSA) is 69.7 Å². The molecular weight excluding hydrogens is 320 g/mol. The molecule has 8 heteroatoms. The van der Waals surface area contributed by atoms with Crippen LogP contribution in [0.4, 0.5) is 0 Å². The Morgan fingerprint density at radius 2 is 2.05 bits per heavy atom. The highest BCUT2D eigenvalue weighted by molar-refractivity contribution is 8.39. The van der Waals surface area contributed by atoms with Crippen molar-refractivity contribution in [2.45, 2.75) is 25.7 Å². The summed E-state index contributed by atoms with van der Waals surface area (Å²) in [5.74, 6) is 4.12. The Morgan fingerprint density at radius 1 is 1.30 bits per heavy atom. The Kier molecular flexibility index (Phi) is 3.96. The van der Waals surface area contributed by atoms with Crippen molar-refractivity contribution in [2.24, 2.45) is 17.3 Å². The molecule has 0 aromatic carbocycles. The smallest absolute Gasteiger partial charge is 0.267 e. The first-order chi connectivity index (χ1) is 9.47. The monoisotopic (exact) mass is 338 g/mol. The zero-order valence-electron chi connectivity index (χ0n) is 11.1. The molecule has 2 saturated heterocycles. The van der Waals surface area contributed by atoms with E-state index in [-0.39, 0.29) is 28.1 Å². The lowest BCUT2D eigenvalue weighted by atomic mass is 9.77. The Bertz CT molecular complexity index is 586. The zero-order chi connectivity index (χ0) is 14.4. The van der Waals surface area contributed by atoms with Crippen LogP contribution < -0.4 is 0 Å². The summed E-state index contributed by atoms with van der Waals surface area (Å²) >= 11 is 0. The Morgan fingerprint density at radius 3 is 2.60 bits per heavy atom. The quantitative estimate of drug-likeness (QED) is 0.546. The lowest BCUT2D eigenvalue weighted by Crippen LogP contribution is -2.30. The molecule has 20 heavy (non-hydrogen) atoms. The molecule has 5 nitrogen and oxygen atoms in total. The molecule has 3 aliphatic rings. The summed E-state index contributed by atoms with van der Waals surface area (Å²) in [5, 5.41) is 0.124. The first kappa shape index (κ1) is 14.9. The van der Waals surface area contributed by atoms with E-state index in [1.54, 1.807) is 0 Å². The molecule has 0 amide bonds.